The van der Waals surface area contributed by atoms with E-state index in [4.69, 9.17) is 4.42 Å². The van der Waals surface area contributed by atoms with Crippen molar-refractivity contribution in [2.24, 2.45) is 0 Å². The first-order valence-electron chi connectivity index (χ1n) is 11.5. The van der Waals surface area contributed by atoms with E-state index in [2.05, 4.69) is 15.3 Å². The first-order chi connectivity index (χ1) is 16.0. The molecule has 1 amide bonds. The van der Waals surface area contributed by atoms with Crippen LogP contribution in [0.4, 0.5) is 10.2 Å². The minimum atomic E-state index is -0.950. The van der Waals surface area contributed by atoms with Crippen molar-refractivity contribution in [3.05, 3.63) is 36.4 Å². The molecule has 2 bridgehead atoms. The number of hydrogen-bond donors (Lipinski definition) is 2. The summed E-state index contributed by atoms with van der Waals surface area (Å²) in [6.45, 7) is 1.48. The van der Waals surface area contributed by atoms with Crippen molar-refractivity contribution in [2.45, 2.75) is 50.0 Å². The van der Waals surface area contributed by atoms with Crippen LogP contribution >= 0.6 is 0 Å². The number of likely N-dealkylation sites (tertiary alicyclic amines) is 1. The summed E-state index contributed by atoms with van der Waals surface area (Å²) in [4.78, 5) is 25.0. The molecule has 4 atom stereocenters. The Kier molecular flexibility index (Phi) is 4.76. The summed E-state index contributed by atoms with van der Waals surface area (Å²) < 4.78 is 20.7. The Bertz CT molecular complexity index is 1210. The average Bonchev–Trinajstić information content (AvgIpc) is 3.38. The Morgan fingerprint density at radius 1 is 1.24 bits per heavy atom. The van der Waals surface area contributed by atoms with Crippen molar-refractivity contribution in [2.75, 3.05) is 25.0 Å². The number of phenolic OH excluding ortho intramolecular Hbond substituents is 1. The standard InChI is InChI=1S/C24H26FN5O3/c1-29(18-9-14-3-4-16(28-14)23(18)25)22-12-26-17(11-27-22)15-10-20-13(7-19(15)31)8-21(33-20)24(32)30-5-2-6-30/h7-8,10-12,14,16,18,23,28,31H,2-6,9H2,1H3/t14?,16?,18-,23+/m0/s1. The van der Waals surface area contributed by atoms with Gasteiger partial charge in [-0.25, -0.2) is 9.37 Å². The van der Waals surface area contributed by atoms with Crippen LogP contribution in [-0.2, 0) is 0 Å². The molecule has 3 saturated heterocycles. The van der Waals surface area contributed by atoms with Crippen molar-refractivity contribution in [3.8, 4) is 17.0 Å². The molecule has 2 N–H and O–H groups in total. The molecule has 172 valence electrons. The van der Waals surface area contributed by atoms with E-state index in [0.29, 0.717) is 34.1 Å². The highest BCUT2D eigenvalue weighted by molar-refractivity contribution is 5.97. The predicted octanol–water partition coefficient (Wildman–Crippen LogP) is 3.11. The lowest BCUT2D eigenvalue weighted by Crippen LogP contribution is -2.55. The summed E-state index contributed by atoms with van der Waals surface area (Å²) in [6.07, 6.45) is 5.87. The maximum Gasteiger partial charge on any atom is 0.289 e. The molecular weight excluding hydrogens is 425 g/mol. The summed E-state index contributed by atoms with van der Waals surface area (Å²) >= 11 is 0. The average molecular weight is 452 g/mol. The number of alkyl halides is 1. The van der Waals surface area contributed by atoms with Crippen LogP contribution in [0.1, 0.15) is 36.2 Å². The molecule has 0 spiro atoms. The van der Waals surface area contributed by atoms with Crippen LogP contribution in [0.5, 0.6) is 5.75 Å². The Morgan fingerprint density at radius 2 is 2.09 bits per heavy atom. The second kappa shape index (κ2) is 7.69. The maximum atomic E-state index is 14.9. The molecule has 3 fully saturated rings. The monoisotopic (exact) mass is 451 g/mol. The number of carbonyl (C=O) groups excluding carboxylic acids is 1. The molecule has 5 heterocycles. The van der Waals surface area contributed by atoms with Gasteiger partial charge in [0.2, 0.25) is 0 Å². The molecule has 6 rings (SSSR count). The molecular formula is C24H26FN5O3. The van der Waals surface area contributed by atoms with Gasteiger partial charge in [-0.05, 0) is 43.9 Å². The fourth-order valence-electron chi connectivity index (χ4n) is 5.22. The zero-order chi connectivity index (χ0) is 22.7. The fourth-order valence-corrected chi connectivity index (χ4v) is 5.22. The van der Waals surface area contributed by atoms with Crippen LogP contribution < -0.4 is 10.2 Å². The van der Waals surface area contributed by atoms with E-state index < -0.39 is 6.17 Å². The molecule has 0 radical (unpaired) electrons. The van der Waals surface area contributed by atoms with E-state index >= 15 is 0 Å². The summed E-state index contributed by atoms with van der Waals surface area (Å²) in [5, 5.41) is 14.6. The quantitative estimate of drug-likeness (QED) is 0.629. The Balaban J connectivity index is 1.25. The number of benzene rings is 1. The Hall–Kier alpha value is -3.20. The largest absolute Gasteiger partial charge is 0.507 e. The number of anilines is 1. The summed E-state index contributed by atoms with van der Waals surface area (Å²) in [5.74, 6) is 0.748. The highest BCUT2D eigenvalue weighted by Gasteiger charge is 2.43. The third-order valence-electron chi connectivity index (χ3n) is 7.32. The van der Waals surface area contributed by atoms with E-state index in [-0.39, 0.29) is 29.5 Å². The molecule has 2 aromatic heterocycles. The van der Waals surface area contributed by atoms with E-state index in [1.165, 1.54) is 0 Å². The minimum absolute atomic E-state index is 0.0282. The van der Waals surface area contributed by atoms with Crippen molar-refractivity contribution >= 4 is 22.7 Å². The number of phenols is 1. The van der Waals surface area contributed by atoms with Gasteiger partial charge in [-0.15, -0.1) is 0 Å². The second-order valence-corrected chi connectivity index (χ2v) is 9.33. The zero-order valence-corrected chi connectivity index (χ0v) is 18.4. The minimum Gasteiger partial charge on any atom is -0.507 e. The number of halogens is 1. The van der Waals surface area contributed by atoms with Crippen molar-refractivity contribution in [3.63, 3.8) is 0 Å². The molecule has 0 aliphatic carbocycles. The summed E-state index contributed by atoms with van der Waals surface area (Å²) in [6, 6.07) is 4.94. The van der Waals surface area contributed by atoms with Gasteiger partial charge in [-0.2, -0.15) is 0 Å². The maximum absolute atomic E-state index is 14.9. The van der Waals surface area contributed by atoms with Gasteiger partial charge in [0, 0.05) is 43.2 Å². The molecule has 3 aliphatic heterocycles. The first kappa shape index (κ1) is 20.4. The van der Waals surface area contributed by atoms with Gasteiger partial charge in [-0.1, -0.05) is 0 Å². The van der Waals surface area contributed by atoms with Gasteiger partial charge in [0.15, 0.2) is 5.76 Å². The van der Waals surface area contributed by atoms with Gasteiger partial charge in [0.1, 0.15) is 23.3 Å². The van der Waals surface area contributed by atoms with Crippen molar-refractivity contribution < 1.29 is 18.7 Å². The van der Waals surface area contributed by atoms with Gasteiger partial charge in [0.25, 0.3) is 5.91 Å². The van der Waals surface area contributed by atoms with E-state index in [1.54, 1.807) is 35.5 Å². The molecule has 9 heteroatoms. The first-order valence-corrected chi connectivity index (χ1v) is 11.5. The highest BCUT2D eigenvalue weighted by Crippen LogP contribution is 2.36. The molecule has 33 heavy (non-hydrogen) atoms. The summed E-state index contributed by atoms with van der Waals surface area (Å²) in [5.41, 5.74) is 1.44. The van der Waals surface area contributed by atoms with E-state index in [0.717, 1.165) is 38.8 Å². The summed E-state index contributed by atoms with van der Waals surface area (Å²) in [7, 11) is 1.86. The number of nitrogens with one attached hydrogen (secondary N) is 1. The molecule has 8 nitrogen and oxygen atoms in total. The number of aromatic nitrogens is 2. The number of carbonyl (C=O) groups is 1. The molecule has 3 aliphatic rings. The lowest BCUT2D eigenvalue weighted by atomic mass is 9.96. The van der Waals surface area contributed by atoms with E-state index in [9.17, 15) is 14.3 Å². The van der Waals surface area contributed by atoms with Crippen LogP contribution in [0.3, 0.4) is 0 Å². The number of amides is 1. The molecule has 2 unspecified atom stereocenters. The third-order valence-corrected chi connectivity index (χ3v) is 7.32. The van der Waals surface area contributed by atoms with Gasteiger partial charge >= 0.3 is 0 Å². The number of piperidine rings is 1. The fraction of sp³-hybridized carbons (Fsp3) is 0.458. The number of furan rings is 1. The number of aromatic hydroxyl groups is 1. The normalized spacial score (nSPS) is 26.4. The number of fused-ring (bicyclic) bond motifs is 3. The van der Waals surface area contributed by atoms with Gasteiger partial charge in [0.05, 0.1) is 24.1 Å². The Labute approximate surface area is 190 Å². The SMILES string of the molecule is CN(c1cnc(-c2cc3oc(C(=O)N4CCC4)cc3cc2O)cn1)[C@H]1CC2CCC(N2)[C@H]1F. The highest BCUT2D eigenvalue weighted by atomic mass is 19.1. The molecule has 0 saturated carbocycles. The predicted molar refractivity (Wildman–Crippen MR) is 121 cm³/mol. The van der Waals surface area contributed by atoms with Crippen molar-refractivity contribution in [1.82, 2.24) is 20.2 Å². The van der Waals surface area contributed by atoms with Crippen LogP contribution in [0.25, 0.3) is 22.2 Å². The third kappa shape index (κ3) is 3.42. The molecule has 1 aromatic carbocycles. The number of hydrogen-bond acceptors (Lipinski definition) is 7. The van der Waals surface area contributed by atoms with Crippen LogP contribution in [-0.4, -0.2) is 70.3 Å². The van der Waals surface area contributed by atoms with Gasteiger partial charge in [-0.3, -0.25) is 9.78 Å². The van der Waals surface area contributed by atoms with E-state index in [1.807, 2.05) is 11.9 Å². The topological polar surface area (TPSA) is 94.7 Å². The Morgan fingerprint density at radius 3 is 2.82 bits per heavy atom. The lowest BCUT2D eigenvalue weighted by Gasteiger charge is -2.38. The zero-order valence-electron chi connectivity index (χ0n) is 18.4. The number of nitrogens with zero attached hydrogens (tertiary/aromatic N) is 4. The molecule has 3 aromatic rings. The van der Waals surface area contributed by atoms with Crippen molar-refractivity contribution in [1.29, 1.82) is 0 Å². The lowest BCUT2D eigenvalue weighted by molar-refractivity contribution is 0.0621. The van der Waals surface area contributed by atoms with Crippen LogP contribution in [0.15, 0.2) is 35.0 Å². The number of rotatable bonds is 4. The van der Waals surface area contributed by atoms with Crippen LogP contribution in [0, 0.1) is 0 Å². The second-order valence-electron chi connectivity index (χ2n) is 9.33. The smallest absolute Gasteiger partial charge is 0.289 e. The van der Waals surface area contributed by atoms with Gasteiger partial charge < -0.3 is 24.6 Å². The van der Waals surface area contributed by atoms with Crippen LogP contribution in [0.2, 0.25) is 0 Å².